The van der Waals surface area contributed by atoms with Crippen molar-refractivity contribution in [1.82, 2.24) is 0 Å². The van der Waals surface area contributed by atoms with Crippen LogP contribution in [-0.2, 0) is 9.31 Å². The first-order valence-electron chi connectivity index (χ1n) is 5.67. The molecule has 0 atom stereocenters. The molecule has 0 unspecified atom stereocenters. The summed E-state index contributed by atoms with van der Waals surface area (Å²) in [5, 5.41) is -0.0133. The van der Waals surface area contributed by atoms with Crippen LogP contribution in [0.2, 0.25) is 5.31 Å². The van der Waals surface area contributed by atoms with E-state index < -0.39 is 0 Å². The highest BCUT2D eigenvalue weighted by molar-refractivity contribution is 6.48. The third kappa shape index (κ3) is 7.86. The highest BCUT2D eigenvalue weighted by Gasteiger charge is 2.39. The fourth-order valence-electron chi connectivity index (χ4n) is 1.02. The van der Waals surface area contributed by atoms with Gasteiger partial charge < -0.3 is 9.31 Å². The molecule has 0 aromatic rings. The Bertz CT molecular complexity index is 177. The average Bonchev–Trinajstić information content (AvgIpc) is 1.75. The molecule has 90 valence electrons. The molecule has 0 saturated heterocycles. The van der Waals surface area contributed by atoms with E-state index in [0.717, 1.165) is 0 Å². The Morgan fingerprint density at radius 1 is 0.600 bits per heavy atom. The standard InChI is InChI=1S/C12H27BO2/c1-10(2,3)13(14-11(4,5)6)15-12(7,8)9/h1-9H3. The number of hydrogen-bond donors (Lipinski definition) is 0. The van der Waals surface area contributed by atoms with Gasteiger partial charge in [0.2, 0.25) is 0 Å². The van der Waals surface area contributed by atoms with E-state index in [4.69, 9.17) is 9.31 Å². The van der Waals surface area contributed by atoms with Gasteiger partial charge in [-0.3, -0.25) is 0 Å². The van der Waals surface area contributed by atoms with Gasteiger partial charge in [-0.1, -0.05) is 20.8 Å². The zero-order valence-corrected chi connectivity index (χ0v) is 11.9. The van der Waals surface area contributed by atoms with E-state index in [1.54, 1.807) is 0 Å². The van der Waals surface area contributed by atoms with Crippen LogP contribution in [0.4, 0.5) is 0 Å². The highest BCUT2D eigenvalue weighted by atomic mass is 16.6. The predicted octanol–water partition coefficient (Wildman–Crippen LogP) is 3.90. The zero-order chi connectivity index (χ0) is 12.5. The van der Waals surface area contributed by atoms with Gasteiger partial charge in [0, 0.05) is 11.2 Å². The van der Waals surface area contributed by atoms with Crippen LogP contribution >= 0.6 is 0 Å². The van der Waals surface area contributed by atoms with Crippen molar-refractivity contribution in [2.75, 3.05) is 0 Å². The Balaban J connectivity index is 4.62. The second-order valence-electron chi connectivity index (χ2n) is 7.16. The van der Waals surface area contributed by atoms with E-state index >= 15 is 0 Å². The minimum absolute atomic E-state index is 0.0133. The molecule has 0 bridgehead atoms. The van der Waals surface area contributed by atoms with Crippen LogP contribution < -0.4 is 0 Å². The van der Waals surface area contributed by atoms with Gasteiger partial charge in [-0.25, -0.2) is 0 Å². The molecule has 0 aliphatic carbocycles. The molecule has 0 aromatic carbocycles. The minimum atomic E-state index is -0.183. The smallest absolute Gasteiger partial charge is 0.406 e. The molecule has 0 rings (SSSR count). The van der Waals surface area contributed by atoms with E-state index in [-0.39, 0.29) is 23.6 Å². The molecule has 2 nitrogen and oxygen atoms in total. The van der Waals surface area contributed by atoms with Gasteiger partial charge >= 0.3 is 7.12 Å². The maximum Gasteiger partial charge on any atom is 0.463 e. The van der Waals surface area contributed by atoms with E-state index in [2.05, 4.69) is 62.3 Å². The lowest BCUT2D eigenvalue weighted by atomic mass is 9.60. The second kappa shape index (κ2) is 4.46. The monoisotopic (exact) mass is 214 g/mol. The van der Waals surface area contributed by atoms with Crippen LogP contribution in [0.25, 0.3) is 0 Å². The van der Waals surface area contributed by atoms with Gasteiger partial charge in [-0.2, -0.15) is 0 Å². The molecule has 0 N–H and O–H groups in total. The summed E-state index contributed by atoms with van der Waals surface area (Å²) in [6.07, 6.45) is 0. The summed E-state index contributed by atoms with van der Waals surface area (Å²) in [6, 6.07) is 0. The quantitative estimate of drug-likeness (QED) is 0.649. The molecule has 0 aromatic heterocycles. The summed E-state index contributed by atoms with van der Waals surface area (Å²) in [5.41, 5.74) is -0.355. The fourth-order valence-corrected chi connectivity index (χ4v) is 1.02. The third-order valence-electron chi connectivity index (χ3n) is 1.63. The Morgan fingerprint density at radius 2 is 0.867 bits per heavy atom. The lowest BCUT2D eigenvalue weighted by molar-refractivity contribution is 0.0238. The van der Waals surface area contributed by atoms with Gasteiger partial charge in [0.05, 0.1) is 0 Å². The van der Waals surface area contributed by atoms with Crippen molar-refractivity contribution < 1.29 is 9.31 Å². The van der Waals surface area contributed by atoms with Gasteiger partial charge in [-0.05, 0) is 46.9 Å². The molecule has 0 saturated carbocycles. The van der Waals surface area contributed by atoms with Crippen LogP contribution in [0.3, 0.4) is 0 Å². The molecule has 0 spiro atoms. The predicted molar refractivity (Wildman–Crippen MR) is 67.1 cm³/mol. The van der Waals surface area contributed by atoms with Gasteiger partial charge in [0.15, 0.2) is 0 Å². The van der Waals surface area contributed by atoms with Gasteiger partial charge in [-0.15, -0.1) is 0 Å². The van der Waals surface area contributed by atoms with Crippen LogP contribution in [0.1, 0.15) is 62.3 Å². The third-order valence-corrected chi connectivity index (χ3v) is 1.63. The molecular weight excluding hydrogens is 187 g/mol. The lowest BCUT2D eigenvalue weighted by Gasteiger charge is -2.36. The summed E-state index contributed by atoms with van der Waals surface area (Å²) in [7, 11) is -0.183. The first-order chi connectivity index (χ1) is 6.31. The van der Waals surface area contributed by atoms with Gasteiger partial charge in [0.1, 0.15) is 0 Å². The van der Waals surface area contributed by atoms with E-state index in [1.807, 2.05) is 0 Å². The van der Waals surface area contributed by atoms with Crippen LogP contribution in [-0.4, -0.2) is 18.3 Å². The van der Waals surface area contributed by atoms with Crippen LogP contribution in [0.15, 0.2) is 0 Å². The summed E-state index contributed by atoms with van der Waals surface area (Å²) >= 11 is 0. The second-order valence-corrected chi connectivity index (χ2v) is 7.16. The molecule has 15 heavy (non-hydrogen) atoms. The molecule has 0 radical (unpaired) electrons. The van der Waals surface area contributed by atoms with E-state index in [1.165, 1.54) is 0 Å². The van der Waals surface area contributed by atoms with Crippen molar-refractivity contribution in [2.24, 2.45) is 0 Å². The molecule has 0 aliphatic rings. The summed E-state index contributed by atoms with van der Waals surface area (Å²) < 4.78 is 11.9. The highest BCUT2D eigenvalue weighted by Crippen LogP contribution is 2.33. The Hall–Kier alpha value is -0.0151. The Kier molecular flexibility index (Phi) is 4.46. The largest absolute Gasteiger partial charge is 0.463 e. The molecular formula is C12H27BO2. The lowest BCUT2D eigenvalue weighted by Crippen LogP contribution is -2.44. The van der Waals surface area contributed by atoms with Crippen LogP contribution in [0, 0.1) is 0 Å². The van der Waals surface area contributed by atoms with Crippen molar-refractivity contribution in [3.63, 3.8) is 0 Å². The molecule has 0 heterocycles. The van der Waals surface area contributed by atoms with Crippen molar-refractivity contribution in [2.45, 2.75) is 78.8 Å². The minimum Gasteiger partial charge on any atom is -0.406 e. The van der Waals surface area contributed by atoms with Gasteiger partial charge in [0.25, 0.3) is 0 Å². The number of rotatable bonds is 2. The number of hydrogen-bond acceptors (Lipinski definition) is 2. The summed E-state index contributed by atoms with van der Waals surface area (Å²) in [6.45, 7) is 18.7. The fraction of sp³-hybridized carbons (Fsp3) is 1.00. The SMILES string of the molecule is CC(C)(C)OB(OC(C)(C)C)C(C)(C)C. The maximum atomic E-state index is 5.96. The molecule has 0 fully saturated rings. The van der Waals surface area contributed by atoms with E-state index in [0.29, 0.717) is 0 Å². The van der Waals surface area contributed by atoms with E-state index in [9.17, 15) is 0 Å². The topological polar surface area (TPSA) is 18.5 Å². The molecule has 0 aliphatic heterocycles. The van der Waals surface area contributed by atoms with Crippen LogP contribution in [0.5, 0.6) is 0 Å². The van der Waals surface area contributed by atoms with Crippen molar-refractivity contribution >= 4 is 7.12 Å². The van der Waals surface area contributed by atoms with Crippen molar-refractivity contribution in [1.29, 1.82) is 0 Å². The average molecular weight is 214 g/mol. The Labute approximate surface area is 95.9 Å². The zero-order valence-electron chi connectivity index (χ0n) is 11.9. The maximum absolute atomic E-state index is 5.96. The Morgan fingerprint density at radius 3 is 1.00 bits per heavy atom. The summed E-state index contributed by atoms with van der Waals surface area (Å²) in [4.78, 5) is 0. The normalized spacial score (nSPS) is 14.2. The van der Waals surface area contributed by atoms with Crippen molar-refractivity contribution in [3.8, 4) is 0 Å². The molecule has 3 heteroatoms. The first-order valence-corrected chi connectivity index (χ1v) is 5.67. The first kappa shape index (κ1) is 15.0. The molecule has 0 amide bonds. The van der Waals surface area contributed by atoms with Crippen molar-refractivity contribution in [3.05, 3.63) is 0 Å². The summed E-state index contributed by atoms with van der Waals surface area (Å²) in [5.74, 6) is 0.